The minimum Gasteiger partial charge on any atom is -0.624 e. The highest BCUT2D eigenvalue weighted by Gasteiger charge is 2.93. The Bertz CT molecular complexity index is 854. The summed E-state index contributed by atoms with van der Waals surface area (Å²) in [6.45, 7) is -0.217. The number of nitrogens with zero attached hydrogens (tertiary/aromatic N) is 1. The summed E-state index contributed by atoms with van der Waals surface area (Å²) in [7, 11) is 6.46. The third kappa shape index (κ3) is 1.88. The number of methoxy groups -OCH3 is 4. The maximum atomic E-state index is 13.8. The molecule has 1 heterocycles. The van der Waals surface area contributed by atoms with Crippen molar-refractivity contribution in [2.24, 2.45) is 34.5 Å². The van der Waals surface area contributed by atoms with E-state index in [1.54, 1.807) is 27.5 Å². The van der Waals surface area contributed by atoms with Gasteiger partial charge in [0, 0.05) is 52.6 Å². The molecule has 3 N–H and O–H groups in total. The predicted molar refractivity (Wildman–Crippen MR) is 111 cm³/mol. The van der Waals surface area contributed by atoms with Crippen LogP contribution in [0.3, 0.4) is 0 Å². The minimum atomic E-state index is -1.87. The molecule has 13 atom stereocenters. The van der Waals surface area contributed by atoms with Crippen LogP contribution in [-0.2, 0) is 18.9 Å². The Morgan fingerprint density at radius 3 is 2.44 bits per heavy atom. The SMILES string of the molecule is CO[C@H]1[C@@H]2C[C@@H]3[C@H]1[C@](O)(C[C@@H]2OC)[C@@]1(O)[C@@H]2[N+]([O-])=C[C@]4(CO)CC[C@H](OC)[C@]32[C@@H]4[C@@H]1OC. The standard InChI is InChI=1S/C23H35NO8/c1-29-13-8-21(26)15-12(7-11(13)16(15)31-3)22-14(30-2)5-6-20(10-25)9-24(28)19(22)23(21,27)18(32-4)17(20)22/h9,11-19,25-27H,5-8,10H2,1-4H3/t11-,12-,13+,14+,15-,16+,17-,18+,19-,20+,21-,22+,23+/m1/s1. The van der Waals surface area contributed by atoms with Gasteiger partial charge < -0.3 is 39.5 Å². The van der Waals surface area contributed by atoms with Crippen molar-refractivity contribution in [1.29, 1.82) is 0 Å². The molecule has 6 aliphatic rings. The summed E-state index contributed by atoms with van der Waals surface area (Å²) in [4.78, 5) is 0. The van der Waals surface area contributed by atoms with Crippen LogP contribution in [0.1, 0.15) is 25.7 Å². The molecule has 5 aliphatic carbocycles. The molecule has 0 unspecified atom stereocenters. The van der Waals surface area contributed by atoms with E-state index in [4.69, 9.17) is 18.9 Å². The third-order valence-corrected chi connectivity index (χ3v) is 10.9. The molecule has 5 fully saturated rings. The number of hydrogen-bond acceptors (Lipinski definition) is 8. The van der Waals surface area contributed by atoms with Crippen molar-refractivity contribution in [3.05, 3.63) is 5.21 Å². The van der Waals surface area contributed by atoms with Crippen LogP contribution in [0.4, 0.5) is 0 Å². The zero-order valence-electron chi connectivity index (χ0n) is 19.1. The summed E-state index contributed by atoms with van der Waals surface area (Å²) in [6, 6.07) is -0.937. The lowest BCUT2D eigenvalue weighted by molar-refractivity contribution is -0.576. The zero-order chi connectivity index (χ0) is 22.8. The zero-order valence-corrected chi connectivity index (χ0v) is 19.1. The molecule has 7 bridgehead atoms. The van der Waals surface area contributed by atoms with Crippen LogP contribution in [0.5, 0.6) is 0 Å². The highest BCUT2D eigenvalue weighted by molar-refractivity contribution is 5.66. The van der Waals surface area contributed by atoms with E-state index in [1.165, 1.54) is 7.11 Å². The second-order valence-corrected chi connectivity index (χ2v) is 11.1. The van der Waals surface area contributed by atoms with Gasteiger partial charge in [-0.15, -0.1) is 0 Å². The number of aliphatic hydroxyl groups is 3. The van der Waals surface area contributed by atoms with E-state index >= 15 is 0 Å². The fourth-order valence-corrected chi connectivity index (χ4v) is 10.3. The Labute approximate surface area is 187 Å². The number of aliphatic hydroxyl groups excluding tert-OH is 1. The molecule has 0 amide bonds. The van der Waals surface area contributed by atoms with Gasteiger partial charge in [-0.2, -0.15) is 0 Å². The number of fused-ring (bicyclic) bond motifs is 2. The van der Waals surface area contributed by atoms with Crippen LogP contribution in [0.15, 0.2) is 0 Å². The van der Waals surface area contributed by atoms with Gasteiger partial charge in [0.05, 0.1) is 35.7 Å². The molecular weight excluding hydrogens is 418 g/mol. The lowest BCUT2D eigenvalue weighted by Crippen LogP contribution is -2.80. The summed E-state index contributed by atoms with van der Waals surface area (Å²) >= 11 is 0. The summed E-state index contributed by atoms with van der Waals surface area (Å²) in [5.74, 6) is -0.835. The summed E-state index contributed by atoms with van der Waals surface area (Å²) in [6.07, 6.45) is 1.94. The number of rotatable bonds is 5. The van der Waals surface area contributed by atoms with Gasteiger partial charge in [0.15, 0.2) is 11.8 Å². The fraction of sp³-hybridized carbons (Fsp3) is 0.957. The Balaban J connectivity index is 1.70. The summed E-state index contributed by atoms with van der Waals surface area (Å²) < 4.78 is 24.7. The summed E-state index contributed by atoms with van der Waals surface area (Å²) in [5.41, 5.74) is -5.13. The van der Waals surface area contributed by atoms with E-state index in [9.17, 15) is 20.5 Å². The lowest BCUT2D eigenvalue weighted by atomic mass is 9.44. The molecule has 32 heavy (non-hydrogen) atoms. The predicted octanol–water partition coefficient (Wildman–Crippen LogP) is -0.470. The minimum absolute atomic E-state index is 0.0476. The van der Waals surface area contributed by atoms with Gasteiger partial charge >= 0.3 is 0 Å². The first-order chi connectivity index (χ1) is 15.3. The molecule has 9 heteroatoms. The maximum absolute atomic E-state index is 13.8. The first kappa shape index (κ1) is 21.7. The van der Waals surface area contributed by atoms with Gasteiger partial charge in [-0.05, 0) is 25.2 Å². The van der Waals surface area contributed by atoms with E-state index in [0.29, 0.717) is 19.3 Å². The van der Waals surface area contributed by atoms with Gasteiger partial charge in [-0.25, -0.2) is 4.74 Å². The average molecular weight is 454 g/mol. The van der Waals surface area contributed by atoms with Crippen LogP contribution in [0.2, 0.25) is 0 Å². The first-order valence-electron chi connectivity index (χ1n) is 11.7. The second kappa shape index (κ2) is 6.44. The van der Waals surface area contributed by atoms with Gasteiger partial charge in [0.2, 0.25) is 6.04 Å². The van der Waals surface area contributed by atoms with Crippen molar-refractivity contribution in [3.63, 3.8) is 0 Å². The monoisotopic (exact) mass is 453 g/mol. The topological polar surface area (TPSA) is 124 Å². The third-order valence-electron chi connectivity index (χ3n) is 10.9. The Hall–Kier alpha value is -0.810. The van der Waals surface area contributed by atoms with Crippen molar-refractivity contribution in [2.45, 2.75) is 67.3 Å². The highest BCUT2D eigenvalue weighted by atomic mass is 16.5. The van der Waals surface area contributed by atoms with E-state index in [2.05, 4.69) is 0 Å². The number of hydroxylamine groups is 1. The van der Waals surface area contributed by atoms with Crippen LogP contribution in [-0.4, -0.2) is 103 Å². The molecule has 5 saturated carbocycles. The van der Waals surface area contributed by atoms with Gasteiger partial charge in [0.25, 0.3) is 0 Å². The lowest BCUT2D eigenvalue weighted by Gasteiger charge is -2.64. The van der Waals surface area contributed by atoms with Crippen molar-refractivity contribution in [3.8, 4) is 0 Å². The molecule has 1 spiro atoms. The summed E-state index contributed by atoms with van der Waals surface area (Å²) in [5, 5.41) is 49.5. The maximum Gasteiger partial charge on any atom is 0.205 e. The van der Waals surface area contributed by atoms with Crippen LogP contribution in [0.25, 0.3) is 0 Å². The van der Waals surface area contributed by atoms with E-state index in [1.807, 2.05) is 0 Å². The quantitative estimate of drug-likeness (QED) is 0.377. The van der Waals surface area contributed by atoms with Gasteiger partial charge in [0.1, 0.15) is 11.7 Å². The molecule has 1 aliphatic heterocycles. The van der Waals surface area contributed by atoms with Crippen molar-refractivity contribution in [2.75, 3.05) is 35.0 Å². The van der Waals surface area contributed by atoms with Crippen molar-refractivity contribution in [1.82, 2.24) is 0 Å². The average Bonchev–Trinajstić information content (AvgIpc) is 3.21. The second-order valence-electron chi connectivity index (χ2n) is 11.1. The van der Waals surface area contributed by atoms with Crippen molar-refractivity contribution < 1.29 is 39.0 Å². The van der Waals surface area contributed by atoms with Crippen LogP contribution < -0.4 is 0 Å². The largest absolute Gasteiger partial charge is 0.624 e. The van der Waals surface area contributed by atoms with E-state index in [0.717, 1.165) is 4.74 Å². The Kier molecular flexibility index (Phi) is 4.37. The normalized spacial score (nSPS) is 61.6. The molecule has 0 aromatic heterocycles. The Morgan fingerprint density at radius 1 is 1.09 bits per heavy atom. The fourth-order valence-electron chi connectivity index (χ4n) is 10.3. The molecule has 9 nitrogen and oxygen atoms in total. The molecule has 0 aromatic carbocycles. The number of hydrogen-bond donors (Lipinski definition) is 3. The molecule has 6 rings (SSSR count). The highest BCUT2D eigenvalue weighted by Crippen LogP contribution is 2.79. The molecule has 0 saturated heterocycles. The smallest absolute Gasteiger partial charge is 0.205 e. The van der Waals surface area contributed by atoms with Gasteiger partial charge in [-0.3, -0.25) is 0 Å². The molecule has 180 valence electrons. The van der Waals surface area contributed by atoms with Gasteiger partial charge in [-0.1, -0.05) is 0 Å². The molecular formula is C23H35NO8. The van der Waals surface area contributed by atoms with Crippen molar-refractivity contribution >= 4 is 6.21 Å². The first-order valence-corrected chi connectivity index (χ1v) is 11.7. The van der Waals surface area contributed by atoms with E-state index < -0.39 is 34.2 Å². The molecule has 0 radical (unpaired) electrons. The molecule has 0 aromatic rings. The number of ether oxygens (including phenoxy) is 4. The van der Waals surface area contributed by atoms with E-state index in [-0.39, 0.29) is 55.0 Å². The van der Waals surface area contributed by atoms with Crippen LogP contribution >= 0.6 is 0 Å². The Morgan fingerprint density at radius 2 is 1.84 bits per heavy atom. The van der Waals surface area contributed by atoms with Crippen LogP contribution in [0, 0.1) is 39.7 Å².